The Morgan fingerprint density at radius 2 is 2.06 bits per heavy atom. The number of allylic oxidation sites excluding steroid dienone is 2. The first-order valence-electron chi connectivity index (χ1n) is 5.27. The molecule has 82 valence electrons. The quantitative estimate of drug-likeness (QED) is 0.605. The number of amides is 1. The van der Waals surface area contributed by atoms with Crippen LogP contribution in [0.2, 0.25) is 0 Å². The Bertz CT molecular complexity index is 448. The van der Waals surface area contributed by atoms with Crippen LogP contribution in [-0.4, -0.2) is 11.7 Å². The van der Waals surface area contributed by atoms with Gasteiger partial charge < -0.3 is 5.32 Å². The van der Waals surface area contributed by atoms with Gasteiger partial charge in [-0.05, 0) is 6.42 Å². The fourth-order valence-electron chi connectivity index (χ4n) is 1.69. The molecule has 16 heavy (non-hydrogen) atoms. The maximum atomic E-state index is 11.8. The van der Waals surface area contributed by atoms with Crippen LogP contribution in [0.5, 0.6) is 0 Å². The summed E-state index contributed by atoms with van der Waals surface area (Å²) in [7, 11) is 0. The molecule has 0 saturated carbocycles. The van der Waals surface area contributed by atoms with E-state index < -0.39 is 0 Å². The largest absolute Gasteiger partial charge is 0.329 e. The topological polar surface area (TPSA) is 46.2 Å². The molecule has 0 bridgehead atoms. The number of hydrogen-bond acceptors (Lipinski definition) is 2. The summed E-state index contributed by atoms with van der Waals surface area (Å²) in [5.74, 6) is -0.105. The van der Waals surface area contributed by atoms with E-state index in [2.05, 4.69) is 5.32 Å². The lowest BCUT2D eigenvalue weighted by Gasteiger charge is -1.97. The van der Waals surface area contributed by atoms with E-state index in [0.717, 1.165) is 0 Å². The van der Waals surface area contributed by atoms with E-state index in [1.807, 2.05) is 25.1 Å². The van der Waals surface area contributed by atoms with E-state index in [0.29, 0.717) is 17.7 Å². The smallest absolute Gasteiger partial charge is 0.227 e. The molecule has 1 unspecified atom stereocenters. The van der Waals surface area contributed by atoms with Crippen molar-refractivity contribution in [2.75, 3.05) is 0 Å². The molecule has 1 aliphatic heterocycles. The van der Waals surface area contributed by atoms with Gasteiger partial charge >= 0.3 is 0 Å². The van der Waals surface area contributed by atoms with Crippen molar-refractivity contribution in [2.45, 2.75) is 13.3 Å². The van der Waals surface area contributed by atoms with Gasteiger partial charge in [-0.2, -0.15) is 0 Å². The molecule has 1 aromatic rings. The van der Waals surface area contributed by atoms with Crippen LogP contribution in [0.25, 0.3) is 0 Å². The van der Waals surface area contributed by atoms with Crippen molar-refractivity contribution in [1.82, 2.24) is 5.32 Å². The highest BCUT2D eigenvalue weighted by atomic mass is 16.2. The van der Waals surface area contributed by atoms with Gasteiger partial charge in [0.15, 0.2) is 5.78 Å². The van der Waals surface area contributed by atoms with Crippen LogP contribution in [0.1, 0.15) is 23.7 Å². The Morgan fingerprint density at radius 1 is 1.38 bits per heavy atom. The van der Waals surface area contributed by atoms with E-state index in [4.69, 9.17) is 0 Å². The summed E-state index contributed by atoms with van der Waals surface area (Å²) in [4.78, 5) is 23.0. The molecule has 1 fully saturated rings. The lowest BCUT2D eigenvalue weighted by Crippen LogP contribution is -2.16. The minimum atomic E-state index is -0.0648. The van der Waals surface area contributed by atoms with Gasteiger partial charge in [-0.15, -0.1) is 0 Å². The zero-order chi connectivity index (χ0) is 11.5. The Kier molecular flexibility index (Phi) is 2.86. The zero-order valence-corrected chi connectivity index (χ0v) is 9.07. The molecule has 1 amide bonds. The lowest BCUT2D eigenvalue weighted by atomic mass is 10.1. The fraction of sp³-hybridized carbons (Fsp3) is 0.231. The average Bonchev–Trinajstić information content (AvgIpc) is 2.59. The van der Waals surface area contributed by atoms with E-state index >= 15 is 0 Å². The molecule has 1 aromatic carbocycles. The van der Waals surface area contributed by atoms with Crippen molar-refractivity contribution in [2.24, 2.45) is 5.92 Å². The number of rotatable bonds is 2. The number of hydrogen-bond donors (Lipinski definition) is 1. The minimum absolute atomic E-state index is 0.00730. The maximum absolute atomic E-state index is 11.8. The number of nitrogens with one attached hydrogen (secondary N) is 1. The molecule has 3 heteroatoms. The second kappa shape index (κ2) is 4.31. The van der Waals surface area contributed by atoms with Crippen LogP contribution in [0.15, 0.2) is 42.1 Å². The number of carbonyl (C=O) groups excluding carboxylic acids is 2. The summed E-state index contributed by atoms with van der Waals surface area (Å²) in [6.07, 6.45) is 2.13. The Labute approximate surface area is 94.2 Å². The van der Waals surface area contributed by atoms with E-state index in [9.17, 15) is 9.59 Å². The van der Waals surface area contributed by atoms with E-state index in [1.54, 1.807) is 12.1 Å². The first kappa shape index (κ1) is 10.6. The monoisotopic (exact) mass is 215 g/mol. The second-order valence-electron chi connectivity index (χ2n) is 3.99. The third kappa shape index (κ3) is 2.19. The van der Waals surface area contributed by atoms with Crippen molar-refractivity contribution in [1.29, 1.82) is 0 Å². The molecular formula is C13H13NO2. The van der Waals surface area contributed by atoms with Crippen molar-refractivity contribution >= 4 is 11.7 Å². The molecule has 1 atom stereocenters. The molecule has 1 saturated heterocycles. The predicted octanol–water partition coefficient (Wildman–Crippen LogP) is 1.91. The fourth-order valence-corrected chi connectivity index (χ4v) is 1.69. The van der Waals surface area contributed by atoms with Crippen LogP contribution in [0, 0.1) is 5.92 Å². The van der Waals surface area contributed by atoms with Crippen molar-refractivity contribution < 1.29 is 9.59 Å². The second-order valence-corrected chi connectivity index (χ2v) is 3.99. The first-order valence-corrected chi connectivity index (χ1v) is 5.27. The summed E-state index contributed by atoms with van der Waals surface area (Å²) in [5.41, 5.74) is 1.36. The van der Waals surface area contributed by atoms with Crippen molar-refractivity contribution in [3.05, 3.63) is 47.7 Å². The Hall–Kier alpha value is -1.90. The maximum Gasteiger partial charge on any atom is 0.227 e. The number of benzene rings is 1. The minimum Gasteiger partial charge on any atom is -0.329 e. The highest BCUT2D eigenvalue weighted by Gasteiger charge is 2.23. The summed E-state index contributed by atoms with van der Waals surface area (Å²) < 4.78 is 0. The summed E-state index contributed by atoms with van der Waals surface area (Å²) >= 11 is 0. The molecule has 1 N–H and O–H groups in total. The van der Waals surface area contributed by atoms with Gasteiger partial charge in [0.1, 0.15) is 0 Å². The SMILES string of the molecule is CC1C/C(=C/C(=O)c2ccccc2)NC1=O. The molecule has 1 aliphatic rings. The molecule has 1 heterocycles. The van der Waals surface area contributed by atoms with Crippen molar-refractivity contribution in [3.8, 4) is 0 Å². The number of carbonyl (C=O) groups is 2. The van der Waals surface area contributed by atoms with E-state index in [1.165, 1.54) is 6.08 Å². The summed E-state index contributed by atoms with van der Waals surface area (Å²) in [6, 6.07) is 9.03. The van der Waals surface area contributed by atoms with Gasteiger partial charge in [0.2, 0.25) is 5.91 Å². The summed E-state index contributed by atoms with van der Waals surface area (Å²) in [5, 5.41) is 2.71. The molecule has 0 aromatic heterocycles. The molecule has 0 aliphatic carbocycles. The van der Waals surface area contributed by atoms with Gasteiger partial charge in [0.25, 0.3) is 0 Å². The number of ketones is 1. The van der Waals surface area contributed by atoms with Gasteiger partial charge in [-0.25, -0.2) is 0 Å². The van der Waals surface area contributed by atoms with Crippen LogP contribution in [-0.2, 0) is 4.79 Å². The Morgan fingerprint density at radius 3 is 2.62 bits per heavy atom. The average molecular weight is 215 g/mol. The highest BCUT2D eigenvalue weighted by molar-refractivity contribution is 6.05. The van der Waals surface area contributed by atoms with Gasteiger partial charge in [-0.3, -0.25) is 9.59 Å². The van der Waals surface area contributed by atoms with Gasteiger partial charge in [-0.1, -0.05) is 37.3 Å². The Balaban J connectivity index is 2.14. The summed E-state index contributed by atoms with van der Waals surface area (Å²) in [6.45, 7) is 1.85. The highest BCUT2D eigenvalue weighted by Crippen LogP contribution is 2.18. The first-order chi connectivity index (χ1) is 7.66. The predicted molar refractivity (Wildman–Crippen MR) is 60.8 cm³/mol. The third-order valence-electron chi connectivity index (χ3n) is 2.62. The zero-order valence-electron chi connectivity index (χ0n) is 9.07. The molecule has 0 radical (unpaired) electrons. The van der Waals surface area contributed by atoms with Gasteiger partial charge in [0, 0.05) is 23.3 Å². The van der Waals surface area contributed by atoms with E-state index in [-0.39, 0.29) is 17.6 Å². The van der Waals surface area contributed by atoms with Crippen LogP contribution in [0.3, 0.4) is 0 Å². The molecule has 0 spiro atoms. The van der Waals surface area contributed by atoms with Gasteiger partial charge in [0.05, 0.1) is 0 Å². The van der Waals surface area contributed by atoms with Crippen molar-refractivity contribution in [3.63, 3.8) is 0 Å². The van der Waals surface area contributed by atoms with Crippen LogP contribution in [0.4, 0.5) is 0 Å². The van der Waals surface area contributed by atoms with Crippen LogP contribution < -0.4 is 5.32 Å². The lowest BCUT2D eigenvalue weighted by molar-refractivity contribution is -0.121. The normalized spacial score (nSPS) is 22.2. The molecule has 2 rings (SSSR count). The standard InChI is InChI=1S/C13H13NO2/c1-9-7-11(14-13(9)16)8-12(15)10-5-3-2-4-6-10/h2-6,8-9H,7H2,1H3,(H,14,16)/b11-8-. The van der Waals surface area contributed by atoms with Crippen LogP contribution >= 0.6 is 0 Å². The third-order valence-corrected chi connectivity index (χ3v) is 2.62. The molecule has 3 nitrogen and oxygen atoms in total. The molecular weight excluding hydrogens is 202 g/mol.